The van der Waals surface area contributed by atoms with Crippen molar-refractivity contribution in [3.63, 3.8) is 0 Å². The van der Waals surface area contributed by atoms with Crippen molar-refractivity contribution in [2.75, 3.05) is 39.3 Å². The lowest BCUT2D eigenvalue weighted by atomic mass is 9.97. The second kappa shape index (κ2) is 11.0. The Hall–Kier alpha value is -1.66. The van der Waals surface area contributed by atoms with Gasteiger partial charge in [-0.05, 0) is 37.2 Å². The lowest BCUT2D eigenvalue weighted by molar-refractivity contribution is 0.259. The number of aromatic nitrogens is 1. The first kappa shape index (κ1) is 25.0. The molecular weight excluding hydrogens is 541 g/mol. The normalized spacial score (nSPS) is 18.8. The molecule has 0 unspecified atom stereocenters. The molecule has 2 fully saturated rings. The average Bonchev–Trinajstić information content (AvgIpc) is 3.34. The Morgan fingerprint density at radius 1 is 1.16 bits per heavy atom. The van der Waals surface area contributed by atoms with Gasteiger partial charge in [0, 0.05) is 45.3 Å². The molecule has 1 aromatic carbocycles. The molecule has 1 aromatic heterocycles. The minimum atomic E-state index is -3.40. The third kappa shape index (κ3) is 6.44. The number of rotatable bonds is 8. The maximum absolute atomic E-state index is 12.7. The van der Waals surface area contributed by atoms with Crippen LogP contribution in [0.2, 0.25) is 0 Å². The standard InChI is InChI=1S/C22H31N5O3S.HI/c1-2-23-21(24-18-22(9-10-22)16-19-6-4-3-5-7-19)26-11-13-27(14-12-26)31(28,29)17-20-8-15-30-25-20;/h3-8,15H,2,9-14,16-18H2,1H3,(H,23,24);1H. The molecule has 1 N–H and O–H groups in total. The Morgan fingerprint density at radius 3 is 2.47 bits per heavy atom. The molecule has 32 heavy (non-hydrogen) atoms. The fraction of sp³-hybridized carbons (Fsp3) is 0.545. The molecule has 2 heterocycles. The minimum absolute atomic E-state index is 0. The van der Waals surface area contributed by atoms with Gasteiger partial charge in [-0.2, -0.15) is 4.31 Å². The summed E-state index contributed by atoms with van der Waals surface area (Å²) in [6.45, 7) is 5.78. The molecule has 0 amide bonds. The van der Waals surface area contributed by atoms with Gasteiger partial charge in [0.25, 0.3) is 0 Å². The van der Waals surface area contributed by atoms with E-state index in [9.17, 15) is 8.42 Å². The number of guanidine groups is 1. The van der Waals surface area contributed by atoms with Gasteiger partial charge in [0.1, 0.15) is 12.0 Å². The summed E-state index contributed by atoms with van der Waals surface area (Å²) in [7, 11) is -3.40. The zero-order valence-electron chi connectivity index (χ0n) is 18.4. The van der Waals surface area contributed by atoms with E-state index in [1.54, 1.807) is 10.4 Å². The summed E-state index contributed by atoms with van der Waals surface area (Å²) in [4.78, 5) is 7.13. The van der Waals surface area contributed by atoms with Crippen LogP contribution >= 0.6 is 24.0 Å². The van der Waals surface area contributed by atoms with Gasteiger partial charge in [-0.3, -0.25) is 4.99 Å². The largest absolute Gasteiger partial charge is 0.364 e. The number of benzene rings is 1. The van der Waals surface area contributed by atoms with Crippen molar-refractivity contribution in [2.24, 2.45) is 10.4 Å². The molecule has 0 atom stereocenters. The van der Waals surface area contributed by atoms with Gasteiger partial charge in [-0.25, -0.2) is 8.42 Å². The Kier molecular flexibility index (Phi) is 8.56. The highest BCUT2D eigenvalue weighted by molar-refractivity contribution is 14.0. The molecule has 0 spiro atoms. The first-order valence-corrected chi connectivity index (χ1v) is 12.5. The van der Waals surface area contributed by atoms with Crippen molar-refractivity contribution >= 4 is 40.0 Å². The van der Waals surface area contributed by atoms with Crippen LogP contribution in [0.5, 0.6) is 0 Å². The van der Waals surface area contributed by atoms with Crippen molar-refractivity contribution in [2.45, 2.75) is 31.9 Å². The third-order valence-corrected chi connectivity index (χ3v) is 7.84. The van der Waals surface area contributed by atoms with Gasteiger partial charge >= 0.3 is 0 Å². The zero-order chi connectivity index (χ0) is 21.7. The Balaban J connectivity index is 0.00000289. The molecule has 1 saturated heterocycles. The Bertz CT molecular complexity index is 970. The fourth-order valence-electron chi connectivity index (χ4n) is 4.03. The minimum Gasteiger partial charge on any atom is -0.364 e. The van der Waals surface area contributed by atoms with Crippen LogP contribution in [0.4, 0.5) is 0 Å². The van der Waals surface area contributed by atoms with E-state index >= 15 is 0 Å². The van der Waals surface area contributed by atoms with E-state index in [4.69, 9.17) is 9.52 Å². The molecule has 10 heteroatoms. The van der Waals surface area contributed by atoms with Crippen molar-refractivity contribution in [3.8, 4) is 0 Å². The number of aliphatic imine (C=N–C) groups is 1. The quantitative estimate of drug-likeness (QED) is 0.297. The summed E-state index contributed by atoms with van der Waals surface area (Å²) in [6.07, 6.45) is 4.87. The molecule has 176 valence electrons. The monoisotopic (exact) mass is 573 g/mol. The topological polar surface area (TPSA) is 91.0 Å². The number of halogens is 1. The van der Waals surface area contributed by atoms with E-state index in [1.165, 1.54) is 24.7 Å². The molecule has 0 bridgehead atoms. The highest BCUT2D eigenvalue weighted by Gasteiger charge is 2.42. The van der Waals surface area contributed by atoms with Gasteiger partial charge in [-0.1, -0.05) is 35.5 Å². The molecule has 1 aliphatic heterocycles. The molecule has 2 aromatic rings. The molecule has 8 nitrogen and oxygen atoms in total. The summed E-state index contributed by atoms with van der Waals surface area (Å²) in [5, 5.41) is 7.12. The van der Waals surface area contributed by atoms with Crippen LogP contribution in [0.3, 0.4) is 0 Å². The van der Waals surface area contributed by atoms with Gasteiger partial charge in [0.15, 0.2) is 5.96 Å². The maximum Gasteiger partial charge on any atom is 0.220 e. The van der Waals surface area contributed by atoms with Crippen LogP contribution in [-0.2, 0) is 22.2 Å². The summed E-state index contributed by atoms with van der Waals surface area (Å²) >= 11 is 0. The third-order valence-electron chi connectivity index (χ3n) is 6.03. The van der Waals surface area contributed by atoms with Crippen LogP contribution in [0.15, 0.2) is 52.2 Å². The van der Waals surface area contributed by atoms with Crippen molar-refractivity contribution < 1.29 is 12.9 Å². The summed E-state index contributed by atoms with van der Waals surface area (Å²) in [5.74, 6) is 0.759. The Morgan fingerprint density at radius 2 is 1.88 bits per heavy atom. The van der Waals surface area contributed by atoms with Gasteiger partial charge < -0.3 is 14.7 Å². The molecular formula is C22H32IN5O3S. The van der Waals surface area contributed by atoms with Crippen LogP contribution in [-0.4, -0.2) is 68.0 Å². The second-order valence-corrected chi connectivity index (χ2v) is 10.4. The predicted molar refractivity (Wildman–Crippen MR) is 135 cm³/mol. The number of nitrogens with zero attached hydrogens (tertiary/aromatic N) is 4. The second-order valence-electron chi connectivity index (χ2n) is 8.47. The number of hydrogen-bond acceptors (Lipinski definition) is 5. The first-order valence-electron chi connectivity index (χ1n) is 10.9. The fourth-order valence-corrected chi connectivity index (χ4v) is 5.46. The highest BCUT2D eigenvalue weighted by atomic mass is 127. The van der Waals surface area contributed by atoms with Crippen LogP contribution in [0.1, 0.15) is 31.0 Å². The number of piperazine rings is 1. The lowest BCUT2D eigenvalue weighted by Gasteiger charge is -2.36. The van der Waals surface area contributed by atoms with E-state index in [-0.39, 0.29) is 35.1 Å². The first-order chi connectivity index (χ1) is 15.0. The molecule has 0 radical (unpaired) electrons. The smallest absolute Gasteiger partial charge is 0.220 e. The lowest BCUT2D eigenvalue weighted by Crippen LogP contribution is -2.54. The molecule has 1 aliphatic carbocycles. The molecule has 1 saturated carbocycles. The summed E-state index contributed by atoms with van der Waals surface area (Å²) in [5.41, 5.74) is 2.07. The van der Waals surface area contributed by atoms with Crippen LogP contribution < -0.4 is 5.32 Å². The van der Waals surface area contributed by atoms with E-state index in [1.807, 2.05) is 0 Å². The van der Waals surface area contributed by atoms with Crippen molar-refractivity contribution in [1.82, 2.24) is 19.7 Å². The molecule has 4 rings (SSSR count). The summed E-state index contributed by atoms with van der Waals surface area (Å²) < 4.78 is 31.6. The number of nitrogens with one attached hydrogen (secondary N) is 1. The van der Waals surface area contributed by atoms with Crippen molar-refractivity contribution in [1.29, 1.82) is 0 Å². The Labute approximate surface area is 207 Å². The zero-order valence-corrected chi connectivity index (χ0v) is 21.6. The average molecular weight is 574 g/mol. The van der Waals surface area contributed by atoms with Gasteiger partial charge in [-0.15, -0.1) is 24.0 Å². The van der Waals surface area contributed by atoms with E-state index in [0.717, 1.165) is 25.5 Å². The van der Waals surface area contributed by atoms with E-state index in [2.05, 4.69) is 52.6 Å². The SMILES string of the molecule is CCNC(=NCC1(Cc2ccccc2)CC1)N1CCN(S(=O)(=O)Cc2ccon2)CC1.I. The summed E-state index contributed by atoms with van der Waals surface area (Å²) in [6, 6.07) is 12.2. The number of hydrogen-bond donors (Lipinski definition) is 1. The van der Waals surface area contributed by atoms with Gasteiger partial charge in [0.05, 0.1) is 5.69 Å². The molecule has 2 aliphatic rings. The van der Waals surface area contributed by atoms with Crippen LogP contribution in [0.25, 0.3) is 0 Å². The number of sulfonamides is 1. The van der Waals surface area contributed by atoms with E-state index < -0.39 is 10.0 Å². The van der Waals surface area contributed by atoms with Crippen LogP contribution in [0, 0.1) is 5.41 Å². The highest BCUT2D eigenvalue weighted by Crippen LogP contribution is 2.48. The predicted octanol–water partition coefficient (Wildman–Crippen LogP) is 2.73. The van der Waals surface area contributed by atoms with E-state index in [0.29, 0.717) is 31.9 Å². The van der Waals surface area contributed by atoms with Crippen molar-refractivity contribution in [3.05, 3.63) is 53.9 Å². The maximum atomic E-state index is 12.7. The van der Waals surface area contributed by atoms with Gasteiger partial charge in [0.2, 0.25) is 10.0 Å².